The zero-order valence-corrected chi connectivity index (χ0v) is 14.8. The largest absolute Gasteiger partial charge is 0.497 e. The van der Waals surface area contributed by atoms with Crippen molar-refractivity contribution >= 4 is 0 Å². The lowest BCUT2D eigenvalue weighted by Gasteiger charge is -2.36. The van der Waals surface area contributed by atoms with E-state index in [1.165, 1.54) is 63.4 Å². The molecule has 22 heavy (non-hydrogen) atoms. The van der Waals surface area contributed by atoms with Crippen LogP contribution in [0.25, 0.3) is 0 Å². The summed E-state index contributed by atoms with van der Waals surface area (Å²) in [6.45, 7) is 4.00. The van der Waals surface area contributed by atoms with Crippen molar-refractivity contribution in [1.82, 2.24) is 0 Å². The van der Waals surface area contributed by atoms with E-state index in [0.717, 1.165) is 23.5 Å². The van der Waals surface area contributed by atoms with Gasteiger partial charge < -0.3 is 4.74 Å². The Kier molecular flexibility index (Phi) is 7.29. The molecule has 1 aromatic carbocycles. The summed E-state index contributed by atoms with van der Waals surface area (Å²) in [7, 11) is 1.74. The highest BCUT2D eigenvalue weighted by molar-refractivity contribution is 5.29. The minimum atomic E-state index is 0.792. The molecule has 2 saturated carbocycles. The first kappa shape index (κ1) is 17.4. The highest BCUT2D eigenvalue weighted by Gasteiger charge is 2.28. The molecule has 1 aromatic rings. The van der Waals surface area contributed by atoms with Crippen molar-refractivity contribution < 1.29 is 4.74 Å². The average Bonchev–Trinajstić information content (AvgIpc) is 2.64. The Morgan fingerprint density at radius 1 is 0.727 bits per heavy atom. The summed E-state index contributed by atoms with van der Waals surface area (Å²) >= 11 is 0. The number of methoxy groups -OCH3 is 1. The van der Waals surface area contributed by atoms with Crippen molar-refractivity contribution in [2.45, 2.75) is 77.6 Å². The highest BCUT2D eigenvalue weighted by atomic mass is 16.5. The van der Waals surface area contributed by atoms with Crippen LogP contribution >= 0.6 is 0 Å². The summed E-state index contributed by atoms with van der Waals surface area (Å²) in [6.07, 6.45) is 13.2. The minimum absolute atomic E-state index is 0.792. The quantitative estimate of drug-likeness (QED) is 0.613. The standard InChI is InChI=1S/C19H28O.C2H6/c1-20-19-13-11-18(12-14-19)17-9-7-16(8-10-17)15-5-3-2-4-6-15;1-2/h11-17H,2-10H2,1H3;1-2H3. The summed E-state index contributed by atoms with van der Waals surface area (Å²) in [4.78, 5) is 0. The molecule has 2 fully saturated rings. The van der Waals surface area contributed by atoms with Crippen molar-refractivity contribution in [2.75, 3.05) is 7.11 Å². The number of benzene rings is 1. The van der Waals surface area contributed by atoms with Gasteiger partial charge in [0.2, 0.25) is 0 Å². The molecule has 0 unspecified atom stereocenters. The van der Waals surface area contributed by atoms with Gasteiger partial charge in [0, 0.05) is 0 Å². The van der Waals surface area contributed by atoms with Crippen LogP contribution in [0.15, 0.2) is 24.3 Å². The Bertz CT molecular complexity index is 394. The summed E-state index contributed by atoms with van der Waals surface area (Å²) in [5.74, 6) is 3.86. The first-order valence-electron chi connectivity index (χ1n) is 9.51. The molecular formula is C21H34O. The molecule has 0 radical (unpaired) electrons. The van der Waals surface area contributed by atoms with Crippen LogP contribution in [0.5, 0.6) is 5.75 Å². The smallest absolute Gasteiger partial charge is 0.118 e. The normalized spacial score (nSPS) is 26.0. The summed E-state index contributed by atoms with van der Waals surface area (Å²) in [5.41, 5.74) is 1.52. The fourth-order valence-electron chi connectivity index (χ4n) is 4.41. The second kappa shape index (κ2) is 9.22. The number of rotatable bonds is 3. The molecule has 1 heteroatoms. The third kappa shape index (κ3) is 4.51. The Hall–Kier alpha value is -0.980. The summed E-state index contributed by atoms with van der Waals surface area (Å²) in [5, 5.41) is 0. The molecule has 2 aliphatic rings. The van der Waals surface area contributed by atoms with Gasteiger partial charge in [0.25, 0.3) is 0 Å². The molecule has 0 saturated heterocycles. The van der Waals surface area contributed by atoms with Crippen molar-refractivity contribution in [3.05, 3.63) is 29.8 Å². The second-order valence-electron chi connectivity index (χ2n) is 6.78. The maximum absolute atomic E-state index is 5.25. The molecule has 1 nitrogen and oxygen atoms in total. The molecule has 0 heterocycles. The molecule has 2 aliphatic carbocycles. The van der Waals surface area contributed by atoms with E-state index in [1.807, 2.05) is 13.8 Å². The van der Waals surface area contributed by atoms with E-state index in [2.05, 4.69) is 24.3 Å². The summed E-state index contributed by atoms with van der Waals surface area (Å²) in [6, 6.07) is 8.76. The molecule has 0 aromatic heterocycles. The molecule has 124 valence electrons. The number of hydrogen-bond donors (Lipinski definition) is 0. The predicted octanol–water partition coefficient (Wildman–Crippen LogP) is 6.58. The molecule has 0 bridgehead atoms. The molecule has 0 amide bonds. The van der Waals surface area contributed by atoms with Gasteiger partial charge in [-0.05, 0) is 61.1 Å². The monoisotopic (exact) mass is 302 g/mol. The maximum Gasteiger partial charge on any atom is 0.118 e. The van der Waals surface area contributed by atoms with E-state index in [1.54, 1.807) is 7.11 Å². The van der Waals surface area contributed by atoms with Gasteiger partial charge in [-0.2, -0.15) is 0 Å². The van der Waals surface area contributed by atoms with E-state index in [4.69, 9.17) is 4.74 Å². The van der Waals surface area contributed by atoms with Crippen molar-refractivity contribution in [3.63, 3.8) is 0 Å². The fourth-order valence-corrected chi connectivity index (χ4v) is 4.41. The van der Waals surface area contributed by atoms with Gasteiger partial charge in [-0.1, -0.05) is 58.1 Å². The van der Waals surface area contributed by atoms with Crippen LogP contribution in [0.4, 0.5) is 0 Å². The first-order chi connectivity index (χ1) is 10.9. The predicted molar refractivity (Wildman–Crippen MR) is 95.6 cm³/mol. The minimum Gasteiger partial charge on any atom is -0.497 e. The SMILES string of the molecule is CC.COc1ccc(C2CCC(C3CCCCC3)CC2)cc1. The van der Waals surface area contributed by atoms with Crippen LogP contribution in [-0.2, 0) is 0 Å². The van der Waals surface area contributed by atoms with Gasteiger partial charge in [-0.3, -0.25) is 0 Å². The van der Waals surface area contributed by atoms with Gasteiger partial charge in [-0.15, -0.1) is 0 Å². The van der Waals surface area contributed by atoms with E-state index < -0.39 is 0 Å². The van der Waals surface area contributed by atoms with Gasteiger partial charge in [0.15, 0.2) is 0 Å². The van der Waals surface area contributed by atoms with Crippen LogP contribution in [-0.4, -0.2) is 7.11 Å². The maximum atomic E-state index is 5.25. The Morgan fingerprint density at radius 3 is 1.82 bits per heavy atom. The van der Waals surface area contributed by atoms with E-state index >= 15 is 0 Å². The lowest BCUT2D eigenvalue weighted by molar-refractivity contribution is 0.186. The van der Waals surface area contributed by atoms with Gasteiger partial charge in [-0.25, -0.2) is 0 Å². The first-order valence-corrected chi connectivity index (χ1v) is 9.51. The van der Waals surface area contributed by atoms with E-state index in [9.17, 15) is 0 Å². The third-order valence-electron chi connectivity index (χ3n) is 5.68. The number of hydrogen-bond acceptors (Lipinski definition) is 1. The average molecular weight is 303 g/mol. The van der Waals surface area contributed by atoms with Crippen LogP contribution in [0.1, 0.15) is 83.1 Å². The van der Waals surface area contributed by atoms with Crippen molar-refractivity contribution in [3.8, 4) is 5.75 Å². The molecule has 0 N–H and O–H groups in total. The summed E-state index contributed by atoms with van der Waals surface area (Å²) < 4.78 is 5.25. The van der Waals surface area contributed by atoms with Crippen LogP contribution in [0.2, 0.25) is 0 Å². The van der Waals surface area contributed by atoms with E-state index in [-0.39, 0.29) is 0 Å². The molecule has 0 spiro atoms. The lowest BCUT2D eigenvalue weighted by atomic mass is 9.70. The number of ether oxygens (including phenoxy) is 1. The van der Waals surface area contributed by atoms with Crippen molar-refractivity contribution in [1.29, 1.82) is 0 Å². The van der Waals surface area contributed by atoms with Crippen LogP contribution in [0, 0.1) is 11.8 Å². The molecule has 0 atom stereocenters. The zero-order valence-electron chi connectivity index (χ0n) is 14.8. The zero-order chi connectivity index (χ0) is 15.8. The van der Waals surface area contributed by atoms with Gasteiger partial charge in [0.1, 0.15) is 5.75 Å². The lowest BCUT2D eigenvalue weighted by Crippen LogP contribution is -2.23. The molecule has 0 aliphatic heterocycles. The van der Waals surface area contributed by atoms with Crippen LogP contribution < -0.4 is 4.74 Å². The Balaban J connectivity index is 0.000000847. The Morgan fingerprint density at radius 2 is 1.27 bits per heavy atom. The fraction of sp³-hybridized carbons (Fsp3) is 0.714. The topological polar surface area (TPSA) is 9.23 Å². The third-order valence-corrected chi connectivity index (χ3v) is 5.68. The van der Waals surface area contributed by atoms with Crippen LogP contribution in [0.3, 0.4) is 0 Å². The molecule has 3 rings (SSSR count). The van der Waals surface area contributed by atoms with Crippen molar-refractivity contribution in [2.24, 2.45) is 11.8 Å². The second-order valence-corrected chi connectivity index (χ2v) is 6.78. The van der Waals surface area contributed by atoms with E-state index in [0.29, 0.717) is 0 Å². The van der Waals surface area contributed by atoms with Gasteiger partial charge >= 0.3 is 0 Å². The molecular weight excluding hydrogens is 268 g/mol. The Labute approximate surface area is 137 Å². The van der Waals surface area contributed by atoms with Gasteiger partial charge in [0.05, 0.1) is 7.11 Å². The highest BCUT2D eigenvalue weighted by Crippen LogP contribution is 2.43.